The van der Waals surface area contributed by atoms with E-state index in [1.54, 1.807) is 4.90 Å². The molecular formula is C13H24N2O3S. The number of aliphatic carboxylic acids is 1. The monoisotopic (exact) mass is 288 g/mol. The average Bonchev–Trinajstić information content (AvgIpc) is 2.26. The van der Waals surface area contributed by atoms with Crippen LogP contribution in [0.3, 0.4) is 0 Å². The molecule has 1 heterocycles. The minimum absolute atomic E-state index is 0.00570. The number of carbonyl (C=O) groups excluding carboxylic acids is 1. The third kappa shape index (κ3) is 4.93. The van der Waals surface area contributed by atoms with E-state index in [1.807, 2.05) is 25.6 Å². The molecule has 1 aliphatic rings. The summed E-state index contributed by atoms with van der Waals surface area (Å²) < 4.78 is 0.0693. The van der Waals surface area contributed by atoms with Gasteiger partial charge < -0.3 is 15.3 Å². The number of hydrogen-bond donors (Lipinski definition) is 2. The Morgan fingerprint density at radius 3 is 2.53 bits per heavy atom. The Bertz CT molecular complexity index is 345. The predicted molar refractivity (Wildman–Crippen MR) is 77.5 cm³/mol. The number of rotatable bonds is 4. The molecule has 2 amide bonds. The number of nitrogens with zero attached hydrogens (tertiary/aromatic N) is 1. The minimum atomic E-state index is -0.857. The van der Waals surface area contributed by atoms with Crippen LogP contribution in [0.25, 0.3) is 0 Å². The van der Waals surface area contributed by atoms with Crippen LogP contribution in [0.15, 0.2) is 0 Å². The number of thioether (sulfide) groups is 1. The smallest absolute Gasteiger partial charge is 0.317 e. The molecule has 1 rings (SSSR count). The zero-order chi connectivity index (χ0) is 14.6. The van der Waals surface area contributed by atoms with Crippen LogP contribution in [0.4, 0.5) is 4.79 Å². The van der Waals surface area contributed by atoms with Gasteiger partial charge in [-0.15, -0.1) is 0 Å². The van der Waals surface area contributed by atoms with Crippen molar-refractivity contribution in [3.05, 3.63) is 0 Å². The molecule has 1 aliphatic heterocycles. The van der Waals surface area contributed by atoms with Gasteiger partial charge in [0.05, 0.1) is 5.92 Å². The summed E-state index contributed by atoms with van der Waals surface area (Å²) in [5.41, 5.74) is 0. The Hall–Kier alpha value is -0.910. The summed E-state index contributed by atoms with van der Waals surface area (Å²) in [5.74, 6) is -0.459. The maximum atomic E-state index is 12.0. The fraction of sp³-hybridized carbons (Fsp3) is 0.846. The molecule has 0 spiro atoms. The lowest BCUT2D eigenvalue weighted by Gasteiger charge is -2.37. The molecule has 19 heavy (non-hydrogen) atoms. The van der Waals surface area contributed by atoms with E-state index in [2.05, 4.69) is 19.2 Å². The summed E-state index contributed by atoms with van der Waals surface area (Å²) in [6.07, 6.45) is 0. The van der Waals surface area contributed by atoms with E-state index in [4.69, 9.17) is 5.11 Å². The summed E-state index contributed by atoms with van der Waals surface area (Å²) in [4.78, 5) is 24.9. The molecule has 6 heteroatoms. The number of amides is 2. The van der Waals surface area contributed by atoms with Gasteiger partial charge >= 0.3 is 12.0 Å². The van der Waals surface area contributed by atoms with Crippen molar-refractivity contribution in [3.63, 3.8) is 0 Å². The van der Waals surface area contributed by atoms with E-state index in [9.17, 15) is 9.59 Å². The third-order valence-corrected chi connectivity index (χ3v) is 4.61. The van der Waals surface area contributed by atoms with Crippen molar-refractivity contribution in [2.24, 2.45) is 11.8 Å². The molecule has 0 aromatic rings. The molecule has 0 aliphatic carbocycles. The summed E-state index contributed by atoms with van der Waals surface area (Å²) in [7, 11) is 0. The lowest BCUT2D eigenvalue weighted by molar-refractivity contribution is -0.142. The molecule has 110 valence electrons. The zero-order valence-electron chi connectivity index (χ0n) is 12.1. The summed E-state index contributed by atoms with van der Waals surface area (Å²) >= 11 is 1.86. The molecule has 2 N–H and O–H groups in total. The normalized spacial score (nSPS) is 20.2. The lowest BCUT2D eigenvalue weighted by Crippen LogP contribution is -2.51. The van der Waals surface area contributed by atoms with Gasteiger partial charge in [-0.1, -0.05) is 13.8 Å². The van der Waals surface area contributed by atoms with E-state index in [-0.39, 0.29) is 23.2 Å². The van der Waals surface area contributed by atoms with E-state index in [0.29, 0.717) is 6.54 Å². The van der Waals surface area contributed by atoms with Gasteiger partial charge in [0.1, 0.15) is 0 Å². The van der Waals surface area contributed by atoms with Crippen LogP contribution in [-0.4, -0.2) is 52.1 Å². The van der Waals surface area contributed by atoms with Crippen molar-refractivity contribution in [3.8, 4) is 0 Å². The third-order valence-electron chi connectivity index (χ3n) is 3.31. The molecule has 0 aromatic heterocycles. The van der Waals surface area contributed by atoms with Crippen LogP contribution in [0.1, 0.15) is 27.7 Å². The van der Waals surface area contributed by atoms with Crippen molar-refractivity contribution in [2.45, 2.75) is 32.4 Å². The Labute approximate surface area is 119 Å². The number of hydrogen-bond acceptors (Lipinski definition) is 3. The average molecular weight is 288 g/mol. The van der Waals surface area contributed by atoms with Crippen LogP contribution in [0, 0.1) is 11.8 Å². The molecule has 1 atom stereocenters. The molecular weight excluding hydrogens is 264 g/mol. The van der Waals surface area contributed by atoms with Crippen LogP contribution in [-0.2, 0) is 4.79 Å². The van der Waals surface area contributed by atoms with Gasteiger partial charge in [0.2, 0.25) is 0 Å². The lowest BCUT2D eigenvalue weighted by atomic mass is 9.96. The second kappa shape index (κ2) is 6.50. The molecule has 0 radical (unpaired) electrons. The highest BCUT2D eigenvalue weighted by molar-refractivity contribution is 8.00. The van der Waals surface area contributed by atoms with Gasteiger partial charge in [0, 0.05) is 30.1 Å². The first-order valence-electron chi connectivity index (χ1n) is 6.62. The Balaban J connectivity index is 2.48. The van der Waals surface area contributed by atoms with Crippen molar-refractivity contribution >= 4 is 23.8 Å². The molecule has 5 nitrogen and oxygen atoms in total. The van der Waals surface area contributed by atoms with Crippen molar-refractivity contribution in [1.82, 2.24) is 10.2 Å². The Morgan fingerprint density at radius 2 is 2.05 bits per heavy atom. The molecule has 0 bridgehead atoms. The minimum Gasteiger partial charge on any atom is -0.481 e. The number of nitrogens with one attached hydrogen (secondary N) is 1. The first kappa shape index (κ1) is 16.1. The zero-order valence-corrected chi connectivity index (χ0v) is 12.9. The number of urea groups is 1. The maximum Gasteiger partial charge on any atom is 0.317 e. The van der Waals surface area contributed by atoms with Gasteiger partial charge in [-0.25, -0.2) is 4.79 Å². The van der Waals surface area contributed by atoms with Crippen molar-refractivity contribution in [2.75, 3.05) is 25.4 Å². The van der Waals surface area contributed by atoms with E-state index in [1.165, 1.54) is 0 Å². The first-order valence-corrected chi connectivity index (χ1v) is 7.61. The topological polar surface area (TPSA) is 69.6 Å². The highest BCUT2D eigenvalue weighted by atomic mass is 32.2. The van der Waals surface area contributed by atoms with Gasteiger partial charge in [0.25, 0.3) is 0 Å². The van der Waals surface area contributed by atoms with E-state index < -0.39 is 11.9 Å². The van der Waals surface area contributed by atoms with E-state index in [0.717, 1.165) is 12.3 Å². The Morgan fingerprint density at radius 1 is 1.42 bits per heavy atom. The van der Waals surface area contributed by atoms with Gasteiger partial charge in [0.15, 0.2) is 0 Å². The quantitative estimate of drug-likeness (QED) is 0.828. The number of carboxylic acids is 1. The number of carboxylic acid groups (broad SMARTS) is 1. The van der Waals surface area contributed by atoms with Crippen molar-refractivity contribution < 1.29 is 14.7 Å². The van der Waals surface area contributed by atoms with Crippen LogP contribution < -0.4 is 5.32 Å². The Kier molecular flexibility index (Phi) is 5.52. The SMILES string of the molecule is CC(C)C(CNC(=O)N1CCSC(C)(C)C1)C(=O)O. The molecule has 1 saturated heterocycles. The van der Waals surface area contributed by atoms with Gasteiger partial charge in [-0.2, -0.15) is 11.8 Å². The molecule has 0 saturated carbocycles. The second-order valence-electron chi connectivity index (χ2n) is 5.90. The molecule has 1 fully saturated rings. The summed E-state index contributed by atoms with van der Waals surface area (Å²) in [5, 5.41) is 11.8. The first-order chi connectivity index (χ1) is 8.73. The fourth-order valence-electron chi connectivity index (χ4n) is 2.11. The van der Waals surface area contributed by atoms with Crippen LogP contribution in [0.2, 0.25) is 0 Å². The molecule has 0 aromatic carbocycles. The van der Waals surface area contributed by atoms with Gasteiger partial charge in [-0.05, 0) is 19.8 Å². The van der Waals surface area contributed by atoms with E-state index >= 15 is 0 Å². The molecule has 1 unspecified atom stereocenters. The predicted octanol–water partition coefficient (Wildman–Crippen LogP) is 1.88. The van der Waals surface area contributed by atoms with Crippen LogP contribution in [0.5, 0.6) is 0 Å². The maximum absolute atomic E-state index is 12.0. The van der Waals surface area contributed by atoms with Gasteiger partial charge in [-0.3, -0.25) is 4.79 Å². The van der Waals surface area contributed by atoms with Crippen LogP contribution >= 0.6 is 11.8 Å². The highest BCUT2D eigenvalue weighted by Crippen LogP contribution is 2.29. The largest absolute Gasteiger partial charge is 0.481 e. The number of carbonyl (C=O) groups is 2. The standard InChI is InChI=1S/C13H24N2O3S/c1-9(2)10(11(16)17)7-14-12(18)15-5-6-19-13(3,4)8-15/h9-10H,5-8H2,1-4H3,(H,14,18)(H,16,17). The fourth-order valence-corrected chi connectivity index (χ4v) is 3.22. The second-order valence-corrected chi connectivity index (χ2v) is 7.71. The summed E-state index contributed by atoms with van der Waals surface area (Å²) in [6.45, 7) is 9.55. The van der Waals surface area contributed by atoms with Crippen molar-refractivity contribution in [1.29, 1.82) is 0 Å². The summed E-state index contributed by atoms with van der Waals surface area (Å²) in [6, 6.07) is -0.153. The highest BCUT2D eigenvalue weighted by Gasteiger charge is 2.30.